The van der Waals surface area contributed by atoms with Gasteiger partial charge in [0.1, 0.15) is 0 Å². The fourth-order valence-corrected chi connectivity index (χ4v) is 2.86. The Hall–Kier alpha value is -0.280. The van der Waals surface area contributed by atoms with Gasteiger partial charge in [0.05, 0.1) is 6.10 Å². The zero-order chi connectivity index (χ0) is 12.3. The highest BCUT2D eigenvalue weighted by Crippen LogP contribution is 2.28. The molecule has 1 saturated heterocycles. The van der Waals surface area contributed by atoms with Gasteiger partial charge in [-0.1, -0.05) is 29.3 Å². The summed E-state index contributed by atoms with van der Waals surface area (Å²) in [5.74, 6) is 0.302. The summed E-state index contributed by atoms with van der Waals surface area (Å²) in [6, 6.07) is 5.45. The van der Waals surface area contributed by atoms with Gasteiger partial charge in [-0.2, -0.15) is 0 Å². The van der Waals surface area contributed by atoms with Crippen LogP contribution in [-0.4, -0.2) is 24.3 Å². The first-order valence-corrected chi connectivity index (χ1v) is 6.75. The molecule has 2 N–H and O–H groups in total. The van der Waals surface area contributed by atoms with Crippen molar-refractivity contribution in [3.8, 4) is 0 Å². The van der Waals surface area contributed by atoms with Crippen molar-refractivity contribution in [3.05, 3.63) is 33.8 Å². The fourth-order valence-electron chi connectivity index (χ4n) is 2.31. The van der Waals surface area contributed by atoms with Crippen LogP contribution in [0, 0.1) is 5.92 Å². The topological polar surface area (TPSA) is 32.3 Å². The number of rotatable bonds is 3. The minimum Gasteiger partial charge on any atom is -0.392 e. The minimum absolute atomic E-state index is 0.302. The number of benzene rings is 1. The molecule has 1 fully saturated rings. The van der Waals surface area contributed by atoms with Crippen molar-refractivity contribution < 1.29 is 5.11 Å². The van der Waals surface area contributed by atoms with Gasteiger partial charge in [0.15, 0.2) is 0 Å². The molecule has 2 nitrogen and oxygen atoms in total. The van der Waals surface area contributed by atoms with E-state index in [4.69, 9.17) is 23.2 Å². The van der Waals surface area contributed by atoms with E-state index in [0.717, 1.165) is 31.5 Å². The summed E-state index contributed by atoms with van der Waals surface area (Å²) in [6.07, 6.45) is 2.35. The van der Waals surface area contributed by atoms with Crippen molar-refractivity contribution in [2.24, 2.45) is 5.92 Å². The van der Waals surface area contributed by atoms with E-state index in [0.29, 0.717) is 22.4 Å². The molecule has 94 valence electrons. The first kappa shape index (κ1) is 13.2. The van der Waals surface area contributed by atoms with Gasteiger partial charge in [-0.15, -0.1) is 0 Å². The molecule has 1 aliphatic heterocycles. The number of aliphatic hydroxyl groups is 1. The summed E-state index contributed by atoms with van der Waals surface area (Å²) < 4.78 is 0. The third kappa shape index (κ3) is 3.35. The third-order valence-electron chi connectivity index (χ3n) is 3.35. The van der Waals surface area contributed by atoms with Crippen LogP contribution in [-0.2, 0) is 6.42 Å². The second kappa shape index (κ2) is 6.05. The lowest BCUT2D eigenvalue weighted by molar-refractivity contribution is 0.0922. The molecular formula is C13H17Cl2NO. The van der Waals surface area contributed by atoms with Gasteiger partial charge < -0.3 is 10.4 Å². The van der Waals surface area contributed by atoms with Gasteiger partial charge in [0, 0.05) is 23.0 Å². The average Bonchev–Trinajstić information content (AvgIpc) is 2.35. The second-order valence-corrected chi connectivity index (χ2v) is 5.39. The summed E-state index contributed by atoms with van der Waals surface area (Å²) in [4.78, 5) is 0. The van der Waals surface area contributed by atoms with Crippen LogP contribution < -0.4 is 5.32 Å². The lowest BCUT2D eigenvalue weighted by Crippen LogP contribution is -2.37. The highest BCUT2D eigenvalue weighted by atomic mass is 35.5. The molecule has 17 heavy (non-hydrogen) atoms. The van der Waals surface area contributed by atoms with E-state index < -0.39 is 0 Å². The van der Waals surface area contributed by atoms with Crippen LogP contribution in [0.25, 0.3) is 0 Å². The van der Waals surface area contributed by atoms with Gasteiger partial charge in [0.2, 0.25) is 0 Å². The van der Waals surface area contributed by atoms with Crippen molar-refractivity contribution in [3.63, 3.8) is 0 Å². The Morgan fingerprint density at radius 3 is 2.65 bits per heavy atom. The van der Waals surface area contributed by atoms with Crippen LogP contribution >= 0.6 is 23.2 Å². The van der Waals surface area contributed by atoms with Crippen LogP contribution in [0.4, 0.5) is 0 Å². The lowest BCUT2D eigenvalue weighted by Gasteiger charge is -2.27. The molecule has 0 radical (unpaired) electrons. The maximum absolute atomic E-state index is 10.2. The van der Waals surface area contributed by atoms with Crippen molar-refractivity contribution in [1.29, 1.82) is 0 Å². The minimum atomic E-state index is -0.375. The van der Waals surface area contributed by atoms with Crippen LogP contribution in [0.3, 0.4) is 0 Å². The number of hydrogen-bond acceptors (Lipinski definition) is 2. The normalized spacial score (nSPS) is 22.4. The summed E-state index contributed by atoms with van der Waals surface area (Å²) in [5, 5.41) is 14.8. The lowest BCUT2D eigenvalue weighted by atomic mass is 9.90. The van der Waals surface area contributed by atoms with E-state index in [1.165, 1.54) is 0 Å². The van der Waals surface area contributed by atoms with Crippen LogP contribution in [0.1, 0.15) is 18.4 Å². The monoisotopic (exact) mass is 273 g/mol. The molecule has 2 atom stereocenters. The molecule has 0 spiro atoms. The molecule has 2 unspecified atom stereocenters. The van der Waals surface area contributed by atoms with Crippen LogP contribution in [0.5, 0.6) is 0 Å². The molecule has 4 heteroatoms. The van der Waals surface area contributed by atoms with E-state index in [1.807, 2.05) is 18.2 Å². The van der Waals surface area contributed by atoms with E-state index in [9.17, 15) is 5.11 Å². The summed E-state index contributed by atoms with van der Waals surface area (Å²) in [7, 11) is 0. The molecule has 0 amide bonds. The van der Waals surface area contributed by atoms with E-state index in [2.05, 4.69) is 5.32 Å². The largest absolute Gasteiger partial charge is 0.392 e. The first-order valence-electron chi connectivity index (χ1n) is 6.00. The van der Waals surface area contributed by atoms with E-state index in [1.54, 1.807) is 0 Å². The number of halogens is 2. The fraction of sp³-hybridized carbons (Fsp3) is 0.538. The highest BCUT2D eigenvalue weighted by molar-refractivity contribution is 6.35. The Bertz CT molecular complexity index is 357. The Morgan fingerprint density at radius 2 is 2.06 bits per heavy atom. The van der Waals surface area contributed by atoms with Crippen LogP contribution in [0.15, 0.2) is 18.2 Å². The smallest absolute Gasteiger partial charge is 0.0621 e. The maximum Gasteiger partial charge on any atom is 0.0621 e. The van der Waals surface area contributed by atoms with Gasteiger partial charge in [-0.3, -0.25) is 0 Å². The van der Waals surface area contributed by atoms with E-state index >= 15 is 0 Å². The molecule has 1 aromatic carbocycles. The van der Waals surface area contributed by atoms with E-state index in [-0.39, 0.29) is 6.10 Å². The van der Waals surface area contributed by atoms with Gasteiger partial charge in [0.25, 0.3) is 0 Å². The van der Waals surface area contributed by atoms with Crippen molar-refractivity contribution >= 4 is 23.2 Å². The summed E-state index contributed by atoms with van der Waals surface area (Å²) in [5.41, 5.74) is 0.855. The number of aliphatic hydroxyl groups excluding tert-OH is 1. The van der Waals surface area contributed by atoms with Crippen molar-refractivity contribution in [2.45, 2.75) is 25.4 Å². The molecule has 1 heterocycles. The second-order valence-electron chi connectivity index (χ2n) is 4.58. The number of hydrogen-bond donors (Lipinski definition) is 2. The van der Waals surface area contributed by atoms with Crippen molar-refractivity contribution in [2.75, 3.05) is 13.1 Å². The Balaban J connectivity index is 2.04. The quantitative estimate of drug-likeness (QED) is 0.888. The zero-order valence-electron chi connectivity index (χ0n) is 9.63. The Kier molecular flexibility index (Phi) is 4.69. The Morgan fingerprint density at radius 1 is 1.35 bits per heavy atom. The molecule has 0 saturated carbocycles. The average molecular weight is 274 g/mol. The predicted molar refractivity (Wildman–Crippen MR) is 71.8 cm³/mol. The molecule has 0 aromatic heterocycles. The first-order chi connectivity index (χ1) is 8.18. The summed E-state index contributed by atoms with van der Waals surface area (Å²) >= 11 is 12.2. The highest BCUT2D eigenvalue weighted by Gasteiger charge is 2.23. The molecular weight excluding hydrogens is 257 g/mol. The maximum atomic E-state index is 10.2. The zero-order valence-corrected chi connectivity index (χ0v) is 11.1. The SMILES string of the molecule is OC(Cc1c(Cl)cccc1Cl)C1CCCNC1. The molecule has 1 aliphatic rings. The Labute approximate surface area is 112 Å². The standard InChI is InChI=1S/C13H17Cl2NO/c14-11-4-1-5-12(15)10(11)7-13(17)9-3-2-6-16-8-9/h1,4-5,9,13,16-17H,2-3,6-8H2. The molecule has 1 aromatic rings. The van der Waals surface area contributed by atoms with Gasteiger partial charge >= 0.3 is 0 Å². The number of piperidine rings is 1. The van der Waals surface area contributed by atoms with Crippen molar-refractivity contribution in [1.82, 2.24) is 5.32 Å². The number of nitrogens with one attached hydrogen (secondary N) is 1. The predicted octanol–water partition coefficient (Wildman–Crippen LogP) is 2.90. The molecule has 0 bridgehead atoms. The van der Waals surface area contributed by atoms with Crippen LogP contribution in [0.2, 0.25) is 10.0 Å². The summed E-state index contributed by atoms with van der Waals surface area (Å²) in [6.45, 7) is 1.93. The molecule has 0 aliphatic carbocycles. The third-order valence-corrected chi connectivity index (χ3v) is 4.06. The molecule has 2 rings (SSSR count). The van der Waals surface area contributed by atoms with Gasteiger partial charge in [-0.25, -0.2) is 0 Å². The van der Waals surface area contributed by atoms with Gasteiger partial charge in [-0.05, 0) is 43.0 Å².